The zero-order valence-electron chi connectivity index (χ0n) is 12.9. The van der Waals surface area contributed by atoms with Gasteiger partial charge in [0, 0.05) is 18.8 Å². The number of aromatic hydroxyl groups is 1. The first kappa shape index (κ1) is 17.0. The summed E-state index contributed by atoms with van der Waals surface area (Å²) >= 11 is 0.993. The molecule has 0 bridgehead atoms. The first-order valence-electron chi connectivity index (χ1n) is 7.22. The van der Waals surface area contributed by atoms with Crippen LogP contribution in [0.3, 0.4) is 0 Å². The van der Waals surface area contributed by atoms with E-state index < -0.39 is 28.6 Å². The Morgan fingerprint density at radius 1 is 1.20 bits per heavy atom. The molecule has 10 heteroatoms. The number of aromatic nitrogens is 4. The topological polar surface area (TPSA) is 90.0 Å². The zero-order chi connectivity index (χ0) is 18.1. The van der Waals surface area contributed by atoms with E-state index in [2.05, 4.69) is 10.2 Å². The maximum atomic E-state index is 13.9. The third-order valence-corrected chi connectivity index (χ3v) is 4.47. The summed E-state index contributed by atoms with van der Waals surface area (Å²) in [6.07, 6.45) is 1.35. The average Bonchev–Trinajstić information content (AvgIpc) is 3.04. The first-order chi connectivity index (χ1) is 11.9. The van der Waals surface area contributed by atoms with Crippen LogP contribution in [0.2, 0.25) is 0 Å². The highest BCUT2D eigenvalue weighted by molar-refractivity contribution is 7.14. The van der Waals surface area contributed by atoms with Gasteiger partial charge in [0.25, 0.3) is 5.56 Å². The second-order valence-corrected chi connectivity index (χ2v) is 6.13. The van der Waals surface area contributed by atoms with E-state index in [1.165, 1.54) is 16.8 Å². The van der Waals surface area contributed by atoms with Crippen LogP contribution in [0.15, 0.2) is 34.0 Å². The van der Waals surface area contributed by atoms with Gasteiger partial charge in [-0.3, -0.25) is 13.9 Å². The Morgan fingerprint density at radius 3 is 2.68 bits per heavy atom. The van der Waals surface area contributed by atoms with Crippen molar-refractivity contribution in [2.45, 2.75) is 20.0 Å². The van der Waals surface area contributed by atoms with E-state index in [0.29, 0.717) is 5.01 Å². The van der Waals surface area contributed by atoms with E-state index >= 15 is 0 Å². The molecule has 130 valence electrons. The van der Waals surface area contributed by atoms with Crippen molar-refractivity contribution in [3.05, 3.63) is 61.9 Å². The summed E-state index contributed by atoms with van der Waals surface area (Å²) < 4.78 is 29.4. The molecule has 0 saturated carbocycles. The molecule has 0 spiro atoms. The molecule has 0 radical (unpaired) electrons. The van der Waals surface area contributed by atoms with Crippen LogP contribution in [0.4, 0.5) is 8.78 Å². The smallest absolute Gasteiger partial charge is 0.331 e. The minimum absolute atomic E-state index is 0.0472. The van der Waals surface area contributed by atoms with E-state index in [1.54, 1.807) is 6.92 Å². The Bertz CT molecular complexity index is 1060. The molecule has 0 atom stereocenters. The molecule has 1 N–H and O–H groups in total. The maximum absolute atomic E-state index is 13.9. The lowest BCUT2D eigenvalue weighted by atomic mass is 10.2. The van der Waals surface area contributed by atoms with Crippen LogP contribution in [0.5, 0.6) is 5.75 Å². The molecule has 1 aromatic carbocycles. The number of nitrogens with zero attached hydrogens (tertiary/aromatic N) is 4. The predicted molar refractivity (Wildman–Crippen MR) is 86.7 cm³/mol. The second-order valence-electron chi connectivity index (χ2n) is 5.07. The Morgan fingerprint density at radius 2 is 1.96 bits per heavy atom. The molecular weight excluding hydrogens is 354 g/mol. The van der Waals surface area contributed by atoms with Gasteiger partial charge in [0.2, 0.25) is 0 Å². The van der Waals surface area contributed by atoms with Gasteiger partial charge in [-0.05, 0) is 19.1 Å². The van der Waals surface area contributed by atoms with Gasteiger partial charge in [0.05, 0.1) is 12.1 Å². The van der Waals surface area contributed by atoms with Crippen LogP contribution in [-0.4, -0.2) is 24.4 Å². The minimum Gasteiger partial charge on any atom is -0.503 e. The summed E-state index contributed by atoms with van der Waals surface area (Å²) in [7, 11) is 0. The monoisotopic (exact) mass is 366 g/mol. The van der Waals surface area contributed by atoms with Gasteiger partial charge in [-0.25, -0.2) is 13.6 Å². The Kier molecular flexibility index (Phi) is 4.45. The van der Waals surface area contributed by atoms with E-state index in [-0.39, 0.29) is 23.7 Å². The molecule has 0 unspecified atom stereocenters. The van der Waals surface area contributed by atoms with Crippen molar-refractivity contribution >= 4 is 11.3 Å². The number of rotatable bonds is 4. The summed E-state index contributed by atoms with van der Waals surface area (Å²) in [5, 5.41) is 17.6. The van der Waals surface area contributed by atoms with Crippen LogP contribution < -0.4 is 11.2 Å². The molecule has 0 amide bonds. The fraction of sp³-hybridized carbons (Fsp3) is 0.200. The highest BCUT2D eigenvalue weighted by Gasteiger charge is 2.17. The van der Waals surface area contributed by atoms with Crippen molar-refractivity contribution in [1.82, 2.24) is 19.3 Å². The lowest BCUT2D eigenvalue weighted by molar-refractivity contribution is 0.397. The van der Waals surface area contributed by atoms with Crippen LogP contribution in [0, 0.1) is 11.6 Å². The van der Waals surface area contributed by atoms with E-state index in [0.717, 1.165) is 28.0 Å². The molecule has 0 aliphatic carbocycles. The molecule has 3 aromatic rings. The van der Waals surface area contributed by atoms with E-state index in [9.17, 15) is 23.5 Å². The molecule has 0 aliphatic rings. The highest BCUT2D eigenvalue weighted by Crippen LogP contribution is 2.32. The SMILES string of the molecule is CCn1c(=O)ccn(Cc2nnc(-c3ccc(F)c(O)c3F)s2)c1=O. The van der Waals surface area contributed by atoms with Crippen LogP contribution in [0.25, 0.3) is 10.6 Å². The third-order valence-electron chi connectivity index (χ3n) is 3.53. The van der Waals surface area contributed by atoms with Crippen LogP contribution in [0.1, 0.15) is 11.9 Å². The summed E-state index contributed by atoms with van der Waals surface area (Å²) in [6.45, 7) is 1.96. The van der Waals surface area contributed by atoms with Gasteiger partial charge >= 0.3 is 5.69 Å². The normalized spacial score (nSPS) is 11.0. The van der Waals surface area contributed by atoms with Crippen molar-refractivity contribution in [3.8, 4) is 16.3 Å². The molecule has 2 heterocycles. The number of halogens is 2. The summed E-state index contributed by atoms with van der Waals surface area (Å²) in [5.74, 6) is -3.28. The van der Waals surface area contributed by atoms with Gasteiger partial charge in [-0.1, -0.05) is 11.3 Å². The largest absolute Gasteiger partial charge is 0.503 e. The molecule has 7 nitrogen and oxygen atoms in total. The molecular formula is C15H12F2N4O3S. The average molecular weight is 366 g/mol. The Hall–Kier alpha value is -2.88. The molecule has 0 saturated heterocycles. The lowest BCUT2D eigenvalue weighted by Crippen LogP contribution is -2.38. The Labute approximate surface area is 143 Å². The van der Waals surface area contributed by atoms with Crippen molar-refractivity contribution < 1.29 is 13.9 Å². The van der Waals surface area contributed by atoms with Gasteiger partial charge in [0.15, 0.2) is 22.4 Å². The number of phenols is 1. The number of hydrogen-bond donors (Lipinski definition) is 1. The van der Waals surface area contributed by atoms with Gasteiger partial charge in [0.1, 0.15) is 5.01 Å². The number of hydrogen-bond acceptors (Lipinski definition) is 6. The maximum Gasteiger partial charge on any atom is 0.331 e. The van der Waals surface area contributed by atoms with Crippen molar-refractivity contribution in [3.63, 3.8) is 0 Å². The third kappa shape index (κ3) is 3.07. The van der Waals surface area contributed by atoms with Crippen molar-refractivity contribution in [1.29, 1.82) is 0 Å². The first-order valence-corrected chi connectivity index (χ1v) is 8.04. The van der Waals surface area contributed by atoms with Gasteiger partial charge in [-0.2, -0.15) is 0 Å². The molecule has 0 aliphatic heterocycles. The molecule has 25 heavy (non-hydrogen) atoms. The quantitative estimate of drug-likeness (QED) is 0.757. The summed E-state index contributed by atoms with van der Waals surface area (Å²) in [6, 6.07) is 3.35. The molecule has 3 rings (SSSR count). The second kappa shape index (κ2) is 6.55. The standard InChI is InChI=1S/C15H12F2N4O3S/c1-2-21-11(22)5-6-20(15(21)24)7-10-18-19-14(25-10)8-3-4-9(16)13(23)12(8)17/h3-6,23H,2,7H2,1H3. The molecule has 0 fully saturated rings. The van der Waals surface area contributed by atoms with Crippen LogP contribution in [-0.2, 0) is 13.1 Å². The zero-order valence-corrected chi connectivity index (χ0v) is 13.8. The Balaban J connectivity index is 1.95. The van der Waals surface area contributed by atoms with Gasteiger partial charge < -0.3 is 5.11 Å². The minimum atomic E-state index is -1.13. The lowest BCUT2D eigenvalue weighted by Gasteiger charge is -2.06. The van der Waals surface area contributed by atoms with Crippen LogP contribution >= 0.6 is 11.3 Å². The van der Waals surface area contributed by atoms with Gasteiger partial charge in [-0.15, -0.1) is 10.2 Å². The highest BCUT2D eigenvalue weighted by atomic mass is 32.1. The van der Waals surface area contributed by atoms with Crippen molar-refractivity contribution in [2.75, 3.05) is 0 Å². The van der Waals surface area contributed by atoms with E-state index in [4.69, 9.17) is 0 Å². The fourth-order valence-electron chi connectivity index (χ4n) is 2.25. The summed E-state index contributed by atoms with van der Waals surface area (Å²) in [4.78, 5) is 23.8. The summed E-state index contributed by atoms with van der Waals surface area (Å²) in [5.41, 5.74) is -0.976. The number of benzene rings is 1. The predicted octanol–water partition coefficient (Wildman–Crippen LogP) is 1.58. The van der Waals surface area contributed by atoms with Crippen molar-refractivity contribution in [2.24, 2.45) is 0 Å². The number of phenolic OH excluding ortho intramolecular Hbond substituents is 1. The molecule has 2 aromatic heterocycles. The van der Waals surface area contributed by atoms with E-state index in [1.807, 2.05) is 0 Å². The fourth-order valence-corrected chi connectivity index (χ4v) is 3.10.